The van der Waals surface area contributed by atoms with Crippen molar-refractivity contribution in [3.8, 4) is 0 Å². The number of anilines is 1. The van der Waals surface area contributed by atoms with Gasteiger partial charge in [0.2, 0.25) is 5.78 Å². The van der Waals surface area contributed by atoms with Crippen molar-refractivity contribution >= 4 is 79.8 Å². The molecule has 4 rings (SSSR count). The standard InChI is InChI=1S/C19H12Cl2N6O4S/c20-9-6-5-8(7-10(9)21)27-17(29)14(25-26-19(31)24-22)13(15(28)18(27)30)16-23-11-3-1-2-4-12(11)32-16/h1-7,13H,22H2,(H2,24,26,31). The normalized spacial score (nSPS) is 17.8. The predicted octanol–water partition coefficient (Wildman–Crippen LogP) is 2.36. The smallest absolute Gasteiger partial charge is 0.287 e. The average molecular weight is 491 g/mol. The fourth-order valence-electron chi connectivity index (χ4n) is 3.04. The molecule has 1 aliphatic rings. The van der Waals surface area contributed by atoms with Gasteiger partial charge < -0.3 is 0 Å². The molecule has 1 saturated heterocycles. The monoisotopic (exact) mass is 490 g/mol. The minimum atomic E-state index is -1.41. The SMILES string of the molecule is NNC(=O)NN=C1C(=O)N(c2ccc(Cl)c(Cl)c2)C(=O)C(=O)C1c1nc2ccccc2s1. The maximum atomic E-state index is 13.3. The molecule has 13 heteroatoms. The van der Waals surface area contributed by atoms with Gasteiger partial charge in [0, 0.05) is 0 Å². The highest BCUT2D eigenvalue weighted by Crippen LogP contribution is 2.35. The number of nitrogens with one attached hydrogen (secondary N) is 2. The van der Waals surface area contributed by atoms with Crippen LogP contribution in [0.4, 0.5) is 10.5 Å². The number of hydrazine groups is 1. The van der Waals surface area contributed by atoms with E-state index in [1.165, 1.54) is 18.2 Å². The third-order valence-electron chi connectivity index (χ3n) is 4.50. The summed E-state index contributed by atoms with van der Waals surface area (Å²) in [6.45, 7) is 0. The third kappa shape index (κ3) is 3.82. The molecule has 10 nitrogen and oxygen atoms in total. The van der Waals surface area contributed by atoms with Gasteiger partial charge >= 0.3 is 11.9 Å². The second-order valence-electron chi connectivity index (χ2n) is 6.44. The Hall–Kier alpha value is -3.38. The Morgan fingerprint density at radius 1 is 1.09 bits per heavy atom. The van der Waals surface area contributed by atoms with Gasteiger partial charge in [0.15, 0.2) is 0 Å². The van der Waals surface area contributed by atoms with Crippen LogP contribution >= 0.6 is 34.5 Å². The van der Waals surface area contributed by atoms with E-state index in [-0.39, 0.29) is 20.7 Å². The molecule has 3 aromatic rings. The van der Waals surface area contributed by atoms with Crippen molar-refractivity contribution in [2.45, 2.75) is 5.92 Å². The number of benzene rings is 2. The second kappa shape index (κ2) is 8.63. The summed E-state index contributed by atoms with van der Waals surface area (Å²) in [5.41, 5.74) is 4.00. The van der Waals surface area contributed by atoms with Crippen LogP contribution < -0.4 is 21.6 Å². The van der Waals surface area contributed by atoms with Crippen LogP contribution in [0.2, 0.25) is 10.0 Å². The first-order chi connectivity index (χ1) is 15.3. The van der Waals surface area contributed by atoms with Gasteiger partial charge in [0.25, 0.3) is 5.91 Å². The molecule has 1 aromatic heterocycles. The van der Waals surface area contributed by atoms with Crippen molar-refractivity contribution in [1.82, 2.24) is 15.8 Å². The molecule has 2 aromatic carbocycles. The molecule has 1 atom stereocenters. The number of amides is 4. The lowest BCUT2D eigenvalue weighted by Gasteiger charge is -2.29. The zero-order valence-electron chi connectivity index (χ0n) is 15.8. The number of urea groups is 1. The number of aromatic nitrogens is 1. The van der Waals surface area contributed by atoms with Crippen molar-refractivity contribution in [1.29, 1.82) is 0 Å². The van der Waals surface area contributed by atoms with Crippen LogP contribution in [-0.4, -0.2) is 34.3 Å². The summed E-state index contributed by atoms with van der Waals surface area (Å²) in [7, 11) is 0. The van der Waals surface area contributed by atoms with E-state index in [1.54, 1.807) is 29.7 Å². The highest BCUT2D eigenvalue weighted by molar-refractivity contribution is 7.19. The Morgan fingerprint density at radius 2 is 1.84 bits per heavy atom. The van der Waals surface area contributed by atoms with Gasteiger partial charge in [-0.3, -0.25) is 19.8 Å². The summed E-state index contributed by atoms with van der Waals surface area (Å²) in [6, 6.07) is 10.1. The summed E-state index contributed by atoms with van der Waals surface area (Å²) >= 11 is 13.0. The summed E-state index contributed by atoms with van der Waals surface area (Å²) in [4.78, 5) is 55.9. The number of Topliss-reactive ketones (excluding diaryl/α,β-unsaturated/α-hetero) is 1. The number of halogens is 2. The first-order valence-corrected chi connectivity index (χ1v) is 10.5. The number of hydrogen-bond donors (Lipinski definition) is 3. The van der Waals surface area contributed by atoms with E-state index >= 15 is 0 Å². The molecule has 32 heavy (non-hydrogen) atoms. The van der Waals surface area contributed by atoms with E-state index in [1.807, 2.05) is 5.43 Å². The first kappa shape index (κ1) is 21.8. The number of nitrogens with zero attached hydrogens (tertiary/aromatic N) is 3. The number of thiazole rings is 1. The van der Waals surface area contributed by atoms with Gasteiger partial charge in [-0.05, 0) is 30.3 Å². The Balaban J connectivity index is 1.84. The number of hydrazone groups is 1. The molecule has 4 N–H and O–H groups in total. The number of carbonyl (C=O) groups excluding carboxylic acids is 4. The Labute approximate surface area is 194 Å². The Morgan fingerprint density at radius 3 is 2.53 bits per heavy atom. The maximum absolute atomic E-state index is 13.3. The Kier molecular flexibility index (Phi) is 5.89. The highest BCUT2D eigenvalue weighted by atomic mass is 35.5. The first-order valence-electron chi connectivity index (χ1n) is 8.89. The van der Waals surface area contributed by atoms with Gasteiger partial charge in [-0.15, -0.1) is 11.3 Å². The average Bonchev–Trinajstić information content (AvgIpc) is 3.21. The molecule has 0 radical (unpaired) electrons. The van der Waals surface area contributed by atoms with Crippen molar-refractivity contribution in [3.63, 3.8) is 0 Å². The van der Waals surface area contributed by atoms with E-state index < -0.39 is 35.3 Å². The van der Waals surface area contributed by atoms with Crippen LogP contribution in [0.25, 0.3) is 10.2 Å². The van der Waals surface area contributed by atoms with Crippen molar-refractivity contribution < 1.29 is 19.2 Å². The van der Waals surface area contributed by atoms with Gasteiger partial charge in [0.1, 0.15) is 16.6 Å². The highest BCUT2D eigenvalue weighted by Gasteiger charge is 2.48. The van der Waals surface area contributed by atoms with E-state index in [4.69, 9.17) is 29.0 Å². The zero-order chi connectivity index (χ0) is 23.0. The molecular weight excluding hydrogens is 479 g/mol. The number of piperidine rings is 1. The minimum Gasteiger partial charge on any atom is -0.287 e. The summed E-state index contributed by atoms with van der Waals surface area (Å²) in [5, 5.41) is 4.23. The maximum Gasteiger partial charge on any atom is 0.349 e. The molecular formula is C19H12Cl2N6O4S. The fourth-order valence-corrected chi connectivity index (χ4v) is 4.41. The summed E-state index contributed by atoms with van der Waals surface area (Å²) < 4.78 is 0.745. The van der Waals surface area contributed by atoms with Crippen molar-refractivity contribution in [3.05, 3.63) is 57.5 Å². The molecule has 4 amide bonds. The lowest BCUT2D eigenvalue weighted by atomic mass is 9.92. The quantitative estimate of drug-likeness (QED) is 0.169. The van der Waals surface area contributed by atoms with Crippen LogP contribution in [0.5, 0.6) is 0 Å². The number of rotatable bonds is 3. The number of para-hydroxylation sites is 1. The largest absolute Gasteiger partial charge is 0.349 e. The van der Waals surface area contributed by atoms with Gasteiger partial charge in [-0.25, -0.2) is 25.9 Å². The summed E-state index contributed by atoms with van der Waals surface area (Å²) in [5.74, 6) is 0.632. The predicted molar refractivity (Wildman–Crippen MR) is 120 cm³/mol. The number of hydrogen-bond acceptors (Lipinski definition) is 8. The van der Waals surface area contributed by atoms with E-state index in [2.05, 4.69) is 10.1 Å². The van der Waals surface area contributed by atoms with E-state index in [0.29, 0.717) is 10.4 Å². The lowest BCUT2D eigenvalue weighted by Crippen LogP contribution is -2.55. The number of ketones is 1. The number of nitrogens with two attached hydrogens (primary N) is 1. The summed E-state index contributed by atoms with van der Waals surface area (Å²) in [6.07, 6.45) is 0. The molecule has 1 unspecified atom stereocenters. The fraction of sp³-hybridized carbons (Fsp3) is 0.0526. The molecule has 162 valence electrons. The van der Waals surface area contributed by atoms with Crippen LogP contribution in [-0.2, 0) is 14.4 Å². The third-order valence-corrected chi connectivity index (χ3v) is 6.34. The molecule has 0 saturated carbocycles. The van der Waals surface area contributed by atoms with Gasteiger partial charge in [0.05, 0.1) is 25.9 Å². The molecule has 1 fully saturated rings. The van der Waals surface area contributed by atoms with Crippen LogP contribution in [0.1, 0.15) is 10.9 Å². The number of imide groups is 1. The van der Waals surface area contributed by atoms with Gasteiger partial charge in [-0.2, -0.15) is 5.10 Å². The molecule has 0 bridgehead atoms. The van der Waals surface area contributed by atoms with Gasteiger partial charge in [-0.1, -0.05) is 35.3 Å². The molecule has 0 spiro atoms. The Bertz CT molecular complexity index is 1290. The number of fused-ring (bicyclic) bond motifs is 1. The van der Waals surface area contributed by atoms with Crippen LogP contribution in [0.15, 0.2) is 47.6 Å². The van der Waals surface area contributed by atoms with E-state index in [9.17, 15) is 19.2 Å². The lowest BCUT2D eigenvalue weighted by molar-refractivity contribution is -0.139. The van der Waals surface area contributed by atoms with Crippen LogP contribution in [0.3, 0.4) is 0 Å². The molecule has 2 heterocycles. The van der Waals surface area contributed by atoms with E-state index in [0.717, 1.165) is 16.0 Å². The topological polar surface area (TPSA) is 147 Å². The van der Waals surface area contributed by atoms with Crippen molar-refractivity contribution in [2.24, 2.45) is 10.9 Å². The number of carbonyl (C=O) groups is 4. The molecule has 0 aliphatic carbocycles. The molecule has 1 aliphatic heterocycles. The second-order valence-corrected chi connectivity index (χ2v) is 8.32. The zero-order valence-corrected chi connectivity index (χ0v) is 18.2. The van der Waals surface area contributed by atoms with Crippen molar-refractivity contribution in [2.75, 3.05) is 4.90 Å². The minimum absolute atomic E-state index is 0.0153. The van der Waals surface area contributed by atoms with Crippen LogP contribution in [0, 0.1) is 0 Å².